The van der Waals surface area contributed by atoms with Crippen molar-refractivity contribution in [3.8, 4) is 0 Å². The van der Waals surface area contributed by atoms with Crippen LogP contribution in [0.5, 0.6) is 0 Å². The SMILES string of the molecule is CCCN(CCSc1ccc(C)cc1)CC1CCCCN1. The minimum absolute atomic E-state index is 0.717. The van der Waals surface area contributed by atoms with E-state index in [2.05, 4.69) is 48.3 Å². The number of thioether (sulfide) groups is 1. The van der Waals surface area contributed by atoms with Gasteiger partial charge in [-0.15, -0.1) is 11.8 Å². The van der Waals surface area contributed by atoms with Crippen LogP contribution >= 0.6 is 11.8 Å². The number of nitrogens with zero attached hydrogens (tertiary/aromatic N) is 1. The second-order valence-electron chi connectivity index (χ2n) is 6.11. The summed E-state index contributed by atoms with van der Waals surface area (Å²) in [5.41, 5.74) is 1.34. The third-order valence-corrected chi connectivity index (χ3v) is 5.12. The van der Waals surface area contributed by atoms with Gasteiger partial charge < -0.3 is 10.2 Å². The molecule has 1 aromatic rings. The van der Waals surface area contributed by atoms with Crippen molar-refractivity contribution in [1.29, 1.82) is 0 Å². The quantitative estimate of drug-likeness (QED) is 0.732. The van der Waals surface area contributed by atoms with Gasteiger partial charge >= 0.3 is 0 Å². The molecular formula is C18H30N2S. The Morgan fingerprint density at radius 3 is 2.67 bits per heavy atom. The molecular weight excluding hydrogens is 276 g/mol. The predicted octanol–water partition coefficient (Wildman–Crippen LogP) is 3.94. The summed E-state index contributed by atoms with van der Waals surface area (Å²) in [5, 5.41) is 3.67. The molecule has 2 rings (SSSR count). The molecule has 0 bridgehead atoms. The maximum atomic E-state index is 3.67. The topological polar surface area (TPSA) is 15.3 Å². The van der Waals surface area contributed by atoms with E-state index in [4.69, 9.17) is 0 Å². The van der Waals surface area contributed by atoms with Crippen molar-refractivity contribution in [2.24, 2.45) is 0 Å². The second kappa shape index (κ2) is 9.50. The molecule has 1 aliphatic rings. The van der Waals surface area contributed by atoms with Gasteiger partial charge in [0.25, 0.3) is 0 Å². The van der Waals surface area contributed by atoms with Gasteiger partial charge in [-0.2, -0.15) is 0 Å². The molecule has 0 spiro atoms. The van der Waals surface area contributed by atoms with Crippen LogP contribution in [0.25, 0.3) is 0 Å². The van der Waals surface area contributed by atoms with E-state index in [0.29, 0.717) is 0 Å². The lowest BCUT2D eigenvalue weighted by Gasteiger charge is -2.30. The van der Waals surface area contributed by atoms with E-state index in [1.807, 2.05) is 11.8 Å². The first kappa shape index (κ1) is 16.9. The van der Waals surface area contributed by atoms with Crippen LogP contribution in [0, 0.1) is 6.92 Å². The maximum Gasteiger partial charge on any atom is 0.0195 e. The molecule has 1 unspecified atom stereocenters. The lowest BCUT2D eigenvalue weighted by Crippen LogP contribution is -2.44. The van der Waals surface area contributed by atoms with Crippen molar-refractivity contribution in [1.82, 2.24) is 10.2 Å². The summed E-state index contributed by atoms with van der Waals surface area (Å²) in [6.07, 6.45) is 5.36. The molecule has 1 N–H and O–H groups in total. The number of hydrogen-bond acceptors (Lipinski definition) is 3. The average molecular weight is 307 g/mol. The first-order valence-electron chi connectivity index (χ1n) is 8.43. The molecule has 0 amide bonds. The van der Waals surface area contributed by atoms with E-state index < -0.39 is 0 Å². The smallest absolute Gasteiger partial charge is 0.0195 e. The molecule has 0 aromatic heterocycles. The minimum atomic E-state index is 0.717. The van der Waals surface area contributed by atoms with Crippen LogP contribution in [-0.4, -0.2) is 42.9 Å². The van der Waals surface area contributed by atoms with Crippen molar-refractivity contribution in [2.75, 3.05) is 31.9 Å². The van der Waals surface area contributed by atoms with Crippen molar-refractivity contribution in [2.45, 2.75) is 50.5 Å². The molecule has 0 aliphatic carbocycles. The Bertz CT molecular complexity index is 385. The zero-order valence-electron chi connectivity index (χ0n) is 13.6. The number of nitrogens with one attached hydrogen (secondary N) is 1. The van der Waals surface area contributed by atoms with E-state index in [1.54, 1.807) is 0 Å². The summed E-state index contributed by atoms with van der Waals surface area (Å²) in [4.78, 5) is 4.04. The third kappa shape index (κ3) is 6.41. The van der Waals surface area contributed by atoms with E-state index in [1.165, 1.54) is 68.1 Å². The highest BCUT2D eigenvalue weighted by Crippen LogP contribution is 2.18. The minimum Gasteiger partial charge on any atom is -0.313 e. The van der Waals surface area contributed by atoms with E-state index in [-0.39, 0.29) is 0 Å². The Morgan fingerprint density at radius 2 is 2.00 bits per heavy atom. The largest absolute Gasteiger partial charge is 0.313 e. The molecule has 1 saturated heterocycles. The van der Waals surface area contributed by atoms with Crippen LogP contribution in [0.3, 0.4) is 0 Å². The van der Waals surface area contributed by atoms with Crippen molar-refractivity contribution in [3.05, 3.63) is 29.8 Å². The normalized spacial score (nSPS) is 19.1. The number of piperidine rings is 1. The Morgan fingerprint density at radius 1 is 1.19 bits per heavy atom. The van der Waals surface area contributed by atoms with Crippen LogP contribution in [0.1, 0.15) is 38.2 Å². The fraction of sp³-hybridized carbons (Fsp3) is 0.667. The molecule has 0 radical (unpaired) electrons. The first-order chi connectivity index (χ1) is 10.3. The van der Waals surface area contributed by atoms with E-state index in [9.17, 15) is 0 Å². The van der Waals surface area contributed by atoms with Gasteiger partial charge in [0, 0.05) is 29.8 Å². The highest BCUT2D eigenvalue weighted by molar-refractivity contribution is 7.99. The van der Waals surface area contributed by atoms with Crippen LogP contribution < -0.4 is 5.32 Å². The van der Waals surface area contributed by atoms with Crippen LogP contribution in [-0.2, 0) is 0 Å². The molecule has 1 fully saturated rings. The first-order valence-corrected chi connectivity index (χ1v) is 9.41. The predicted molar refractivity (Wildman–Crippen MR) is 94.3 cm³/mol. The third-order valence-electron chi connectivity index (χ3n) is 4.13. The van der Waals surface area contributed by atoms with Gasteiger partial charge in [-0.05, 0) is 51.4 Å². The molecule has 1 atom stereocenters. The summed E-state index contributed by atoms with van der Waals surface area (Å²) in [7, 11) is 0. The number of hydrogen-bond donors (Lipinski definition) is 1. The van der Waals surface area contributed by atoms with Gasteiger partial charge in [0.05, 0.1) is 0 Å². The molecule has 1 heterocycles. The van der Waals surface area contributed by atoms with Gasteiger partial charge in [0.1, 0.15) is 0 Å². The summed E-state index contributed by atoms with van der Waals surface area (Å²) in [6.45, 7) is 9.30. The van der Waals surface area contributed by atoms with Crippen molar-refractivity contribution < 1.29 is 0 Å². The summed E-state index contributed by atoms with van der Waals surface area (Å²) >= 11 is 1.98. The molecule has 21 heavy (non-hydrogen) atoms. The second-order valence-corrected chi connectivity index (χ2v) is 7.28. The zero-order valence-corrected chi connectivity index (χ0v) is 14.4. The van der Waals surface area contributed by atoms with Gasteiger partial charge in [-0.3, -0.25) is 0 Å². The standard InChI is InChI=1S/C18H30N2S/c1-3-12-20(15-17-6-4-5-11-19-17)13-14-21-18-9-7-16(2)8-10-18/h7-10,17,19H,3-6,11-15H2,1-2H3. The lowest BCUT2D eigenvalue weighted by molar-refractivity contribution is 0.235. The lowest BCUT2D eigenvalue weighted by atomic mass is 10.0. The number of benzene rings is 1. The van der Waals surface area contributed by atoms with Gasteiger partial charge in [0.2, 0.25) is 0 Å². The Hall–Kier alpha value is -0.510. The molecule has 0 saturated carbocycles. The average Bonchev–Trinajstić information content (AvgIpc) is 2.50. The highest BCUT2D eigenvalue weighted by atomic mass is 32.2. The molecule has 1 aromatic carbocycles. The molecule has 2 nitrogen and oxygen atoms in total. The van der Waals surface area contributed by atoms with Crippen LogP contribution in [0.2, 0.25) is 0 Å². The molecule has 118 valence electrons. The van der Waals surface area contributed by atoms with Gasteiger partial charge in [-0.25, -0.2) is 0 Å². The Labute approximate surface area is 134 Å². The highest BCUT2D eigenvalue weighted by Gasteiger charge is 2.15. The van der Waals surface area contributed by atoms with Crippen LogP contribution in [0.15, 0.2) is 29.2 Å². The van der Waals surface area contributed by atoms with Gasteiger partial charge in [0.15, 0.2) is 0 Å². The molecule has 3 heteroatoms. The number of rotatable bonds is 8. The summed E-state index contributed by atoms with van der Waals surface area (Å²) in [6, 6.07) is 9.62. The Kier molecular flexibility index (Phi) is 7.62. The molecule has 1 aliphatic heterocycles. The van der Waals surface area contributed by atoms with E-state index in [0.717, 1.165) is 6.04 Å². The summed E-state index contributed by atoms with van der Waals surface area (Å²) < 4.78 is 0. The van der Waals surface area contributed by atoms with Crippen molar-refractivity contribution in [3.63, 3.8) is 0 Å². The zero-order chi connectivity index (χ0) is 14.9. The number of aryl methyl sites for hydroxylation is 1. The van der Waals surface area contributed by atoms with Crippen molar-refractivity contribution >= 4 is 11.8 Å². The fourth-order valence-corrected chi connectivity index (χ4v) is 3.84. The Balaban J connectivity index is 1.72. The van der Waals surface area contributed by atoms with Gasteiger partial charge in [-0.1, -0.05) is 31.0 Å². The van der Waals surface area contributed by atoms with E-state index >= 15 is 0 Å². The van der Waals surface area contributed by atoms with Crippen LogP contribution in [0.4, 0.5) is 0 Å². The maximum absolute atomic E-state index is 3.67. The summed E-state index contributed by atoms with van der Waals surface area (Å²) in [5.74, 6) is 1.19. The fourth-order valence-electron chi connectivity index (χ4n) is 2.93. The monoisotopic (exact) mass is 306 g/mol.